The molecule has 0 unspecified atom stereocenters. The number of ether oxygens (including phenoxy) is 1. The van der Waals surface area contributed by atoms with Gasteiger partial charge in [-0.2, -0.15) is 13.2 Å². The van der Waals surface area contributed by atoms with Gasteiger partial charge in [0.15, 0.2) is 5.76 Å². The zero-order chi connectivity index (χ0) is 13.6. The first kappa shape index (κ1) is 14.9. The van der Waals surface area contributed by atoms with E-state index >= 15 is 0 Å². The molecule has 5 nitrogen and oxygen atoms in total. The summed E-state index contributed by atoms with van der Waals surface area (Å²) in [4.78, 5) is 1.05. The standard InChI is InChI=1S/C10H15F3N2O3/c1-17-6-9-4-8(14-18-9)5-15(2-3-16)7-10(11,12)13/h4,16H,2-3,5-7H2,1H3. The number of nitrogens with zero attached hydrogens (tertiary/aromatic N) is 2. The van der Waals surface area contributed by atoms with Crippen molar-refractivity contribution in [2.45, 2.75) is 19.3 Å². The summed E-state index contributed by atoms with van der Waals surface area (Å²) in [6.45, 7) is -1.34. The fourth-order valence-electron chi connectivity index (χ4n) is 1.48. The quantitative estimate of drug-likeness (QED) is 0.804. The Bertz CT molecular complexity index is 354. The molecule has 8 heteroatoms. The summed E-state index contributed by atoms with van der Waals surface area (Å²) < 4.78 is 46.5. The van der Waals surface area contributed by atoms with Crippen molar-refractivity contribution < 1.29 is 27.5 Å². The van der Waals surface area contributed by atoms with Crippen LogP contribution in [-0.4, -0.2) is 48.1 Å². The molecular formula is C10H15F3N2O3. The molecule has 0 radical (unpaired) electrons. The van der Waals surface area contributed by atoms with Gasteiger partial charge in [-0.1, -0.05) is 5.16 Å². The van der Waals surface area contributed by atoms with Crippen molar-refractivity contribution in [2.24, 2.45) is 0 Å². The van der Waals surface area contributed by atoms with Crippen LogP contribution in [0.2, 0.25) is 0 Å². The third-order valence-corrected chi connectivity index (χ3v) is 2.10. The van der Waals surface area contributed by atoms with Crippen LogP contribution in [0.4, 0.5) is 13.2 Å². The van der Waals surface area contributed by atoms with Gasteiger partial charge >= 0.3 is 6.18 Å². The Kier molecular flexibility index (Phi) is 5.57. The molecule has 0 saturated heterocycles. The van der Waals surface area contributed by atoms with E-state index < -0.39 is 12.7 Å². The minimum Gasteiger partial charge on any atom is -0.395 e. The summed E-state index contributed by atoms with van der Waals surface area (Å²) in [7, 11) is 1.48. The lowest BCUT2D eigenvalue weighted by Crippen LogP contribution is -2.35. The number of hydrogen-bond acceptors (Lipinski definition) is 5. The highest BCUT2D eigenvalue weighted by Crippen LogP contribution is 2.18. The van der Waals surface area contributed by atoms with Gasteiger partial charge < -0.3 is 14.4 Å². The van der Waals surface area contributed by atoms with Gasteiger partial charge in [0.1, 0.15) is 6.61 Å². The van der Waals surface area contributed by atoms with Crippen LogP contribution in [0.25, 0.3) is 0 Å². The van der Waals surface area contributed by atoms with Gasteiger partial charge in [-0.15, -0.1) is 0 Å². The zero-order valence-corrected chi connectivity index (χ0v) is 9.90. The van der Waals surface area contributed by atoms with Crippen molar-refractivity contribution >= 4 is 0 Å². The van der Waals surface area contributed by atoms with Gasteiger partial charge in [0.05, 0.1) is 18.8 Å². The van der Waals surface area contributed by atoms with Crippen LogP contribution >= 0.6 is 0 Å². The molecule has 0 saturated carbocycles. The number of aliphatic hydroxyl groups is 1. The molecule has 1 aromatic heterocycles. The van der Waals surface area contributed by atoms with Gasteiger partial charge in [-0.3, -0.25) is 4.90 Å². The molecule has 0 aliphatic heterocycles. The maximum absolute atomic E-state index is 12.3. The van der Waals surface area contributed by atoms with Gasteiger partial charge in [0, 0.05) is 26.3 Å². The molecular weight excluding hydrogens is 253 g/mol. The summed E-state index contributed by atoms with van der Waals surface area (Å²) in [5, 5.41) is 12.4. The third-order valence-electron chi connectivity index (χ3n) is 2.10. The average molecular weight is 268 g/mol. The lowest BCUT2D eigenvalue weighted by molar-refractivity contribution is -0.148. The van der Waals surface area contributed by atoms with Gasteiger partial charge in [-0.25, -0.2) is 0 Å². The van der Waals surface area contributed by atoms with Crippen LogP contribution in [0, 0.1) is 0 Å². The monoisotopic (exact) mass is 268 g/mol. The van der Waals surface area contributed by atoms with E-state index in [0.717, 1.165) is 4.90 Å². The second-order valence-electron chi connectivity index (χ2n) is 3.77. The predicted molar refractivity (Wildman–Crippen MR) is 55.6 cm³/mol. The van der Waals surface area contributed by atoms with E-state index in [9.17, 15) is 13.2 Å². The molecule has 18 heavy (non-hydrogen) atoms. The maximum atomic E-state index is 12.3. The average Bonchev–Trinajstić information content (AvgIpc) is 2.64. The van der Waals surface area contributed by atoms with Crippen LogP contribution in [0.5, 0.6) is 0 Å². The molecule has 1 aromatic rings. The molecule has 0 spiro atoms. The maximum Gasteiger partial charge on any atom is 0.401 e. The number of rotatable bonds is 7. The summed E-state index contributed by atoms with van der Waals surface area (Å²) in [6.07, 6.45) is -4.31. The lowest BCUT2D eigenvalue weighted by Gasteiger charge is -2.21. The number of aromatic nitrogens is 1. The van der Waals surface area contributed by atoms with Crippen molar-refractivity contribution in [1.29, 1.82) is 0 Å². The second kappa shape index (κ2) is 6.72. The van der Waals surface area contributed by atoms with Crippen LogP contribution in [0.15, 0.2) is 10.6 Å². The molecule has 1 rings (SSSR count). The molecule has 0 atom stereocenters. The highest BCUT2D eigenvalue weighted by atomic mass is 19.4. The molecule has 104 valence electrons. The van der Waals surface area contributed by atoms with Gasteiger partial charge in [0.2, 0.25) is 0 Å². The second-order valence-corrected chi connectivity index (χ2v) is 3.77. The van der Waals surface area contributed by atoms with E-state index in [1.165, 1.54) is 13.2 Å². The molecule has 0 aromatic carbocycles. The summed E-state index contributed by atoms with van der Waals surface area (Å²) in [5.41, 5.74) is 0.375. The van der Waals surface area contributed by atoms with E-state index in [4.69, 9.17) is 14.4 Å². The van der Waals surface area contributed by atoms with Crippen molar-refractivity contribution in [2.75, 3.05) is 26.8 Å². The number of hydrogen-bond donors (Lipinski definition) is 1. The molecule has 1 heterocycles. The minimum absolute atomic E-state index is 0.0344. The fraction of sp³-hybridized carbons (Fsp3) is 0.700. The molecule has 0 fully saturated rings. The number of aliphatic hydroxyl groups excluding tert-OH is 1. The van der Waals surface area contributed by atoms with Crippen molar-refractivity contribution in [3.63, 3.8) is 0 Å². The van der Waals surface area contributed by atoms with Crippen LogP contribution in [0.1, 0.15) is 11.5 Å². The molecule has 0 bridgehead atoms. The Hall–Kier alpha value is -1.12. The summed E-state index contributed by atoms with van der Waals surface area (Å²) >= 11 is 0. The van der Waals surface area contributed by atoms with Crippen LogP contribution in [-0.2, 0) is 17.9 Å². The Morgan fingerprint density at radius 2 is 2.22 bits per heavy atom. The third kappa shape index (κ3) is 5.48. The Morgan fingerprint density at radius 1 is 1.50 bits per heavy atom. The number of alkyl halides is 3. The Morgan fingerprint density at radius 3 is 2.78 bits per heavy atom. The molecule has 1 N–H and O–H groups in total. The first-order valence-corrected chi connectivity index (χ1v) is 5.28. The predicted octanol–water partition coefficient (Wildman–Crippen LogP) is 1.18. The van der Waals surface area contributed by atoms with E-state index in [1.54, 1.807) is 0 Å². The highest BCUT2D eigenvalue weighted by molar-refractivity contribution is 5.04. The Balaban J connectivity index is 2.58. The van der Waals surface area contributed by atoms with Gasteiger partial charge in [0.25, 0.3) is 0 Å². The fourth-order valence-corrected chi connectivity index (χ4v) is 1.48. The van der Waals surface area contributed by atoms with E-state index in [-0.39, 0.29) is 26.3 Å². The smallest absolute Gasteiger partial charge is 0.395 e. The van der Waals surface area contributed by atoms with Crippen LogP contribution < -0.4 is 0 Å². The topological polar surface area (TPSA) is 58.7 Å². The van der Waals surface area contributed by atoms with E-state index in [1.807, 2.05) is 0 Å². The van der Waals surface area contributed by atoms with Gasteiger partial charge in [-0.05, 0) is 0 Å². The summed E-state index contributed by atoms with van der Waals surface area (Å²) in [6, 6.07) is 1.53. The molecule has 0 aliphatic carbocycles. The Labute approximate surface area is 102 Å². The lowest BCUT2D eigenvalue weighted by atomic mass is 10.3. The highest BCUT2D eigenvalue weighted by Gasteiger charge is 2.30. The SMILES string of the molecule is COCc1cc(CN(CCO)CC(F)(F)F)no1. The first-order chi connectivity index (χ1) is 8.44. The van der Waals surface area contributed by atoms with Crippen molar-refractivity contribution in [3.05, 3.63) is 17.5 Å². The number of methoxy groups -OCH3 is 1. The van der Waals surface area contributed by atoms with Crippen LogP contribution in [0.3, 0.4) is 0 Å². The first-order valence-electron chi connectivity index (χ1n) is 5.28. The van der Waals surface area contributed by atoms with E-state index in [0.29, 0.717) is 11.5 Å². The van der Waals surface area contributed by atoms with Crippen molar-refractivity contribution in [1.82, 2.24) is 10.1 Å². The van der Waals surface area contributed by atoms with E-state index in [2.05, 4.69) is 5.16 Å². The normalized spacial score (nSPS) is 12.3. The van der Waals surface area contributed by atoms with Crippen molar-refractivity contribution in [3.8, 4) is 0 Å². The molecule has 0 aliphatic rings. The minimum atomic E-state index is -4.31. The number of halogens is 3. The largest absolute Gasteiger partial charge is 0.401 e. The molecule has 0 amide bonds. The zero-order valence-electron chi connectivity index (χ0n) is 9.90. The summed E-state index contributed by atoms with van der Waals surface area (Å²) in [5.74, 6) is 0.448.